The summed E-state index contributed by atoms with van der Waals surface area (Å²) in [5, 5.41) is 2.56. The number of alkyl halides is 3. The second kappa shape index (κ2) is 9.89. The second-order valence-corrected chi connectivity index (χ2v) is 8.23. The highest BCUT2D eigenvalue weighted by Crippen LogP contribution is 2.34. The van der Waals surface area contributed by atoms with Gasteiger partial charge in [0.15, 0.2) is 0 Å². The standard InChI is InChI=1S/C21H24BrF3N4O/c1-2-28-5-7-29(8-6-28)14-16-3-4-18(11-19(16)21(23,24)25)27-20(30)10-15-9-17(22)13-26-12-15/h3-4,9,11-13H,2,5-8,10,14H2,1H3,(H,27,30). The van der Waals surface area contributed by atoms with Crippen LogP contribution in [0.5, 0.6) is 0 Å². The van der Waals surface area contributed by atoms with E-state index in [9.17, 15) is 18.0 Å². The van der Waals surface area contributed by atoms with Gasteiger partial charge in [-0.05, 0) is 51.8 Å². The zero-order valence-corrected chi connectivity index (χ0v) is 18.3. The molecule has 30 heavy (non-hydrogen) atoms. The Morgan fingerprint density at radius 1 is 1.13 bits per heavy atom. The van der Waals surface area contributed by atoms with Gasteiger partial charge in [0.05, 0.1) is 12.0 Å². The molecule has 0 aliphatic carbocycles. The monoisotopic (exact) mass is 484 g/mol. The van der Waals surface area contributed by atoms with Crippen LogP contribution in [0.25, 0.3) is 0 Å². The lowest BCUT2D eigenvalue weighted by molar-refractivity contribution is -0.138. The molecule has 1 aliphatic heterocycles. The predicted molar refractivity (Wildman–Crippen MR) is 113 cm³/mol. The molecule has 1 N–H and O–H groups in total. The van der Waals surface area contributed by atoms with Gasteiger partial charge in [-0.25, -0.2) is 0 Å². The number of piperazine rings is 1. The van der Waals surface area contributed by atoms with Gasteiger partial charge in [-0.15, -0.1) is 0 Å². The van der Waals surface area contributed by atoms with E-state index in [1.54, 1.807) is 18.5 Å². The number of halogens is 4. The first kappa shape index (κ1) is 22.7. The zero-order valence-electron chi connectivity index (χ0n) is 16.7. The van der Waals surface area contributed by atoms with E-state index in [0.29, 0.717) is 5.56 Å². The van der Waals surface area contributed by atoms with Crippen LogP contribution in [0.2, 0.25) is 0 Å². The molecule has 0 bridgehead atoms. The highest BCUT2D eigenvalue weighted by Gasteiger charge is 2.34. The molecular weight excluding hydrogens is 461 g/mol. The maximum absolute atomic E-state index is 13.7. The third kappa shape index (κ3) is 6.26. The number of rotatable bonds is 6. The van der Waals surface area contributed by atoms with Crippen molar-refractivity contribution in [3.05, 3.63) is 57.8 Å². The molecule has 0 unspecified atom stereocenters. The Labute approximate surface area is 182 Å². The van der Waals surface area contributed by atoms with Crippen LogP contribution in [-0.4, -0.2) is 53.4 Å². The molecule has 2 aromatic rings. The van der Waals surface area contributed by atoms with Gasteiger partial charge >= 0.3 is 6.18 Å². The smallest absolute Gasteiger partial charge is 0.326 e. The van der Waals surface area contributed by atoms with Crippen molar-refractivity contribution in [2.75, 3.05) is 38.0 Å². The number of carbonyl (C=O) groups is 1. The number of amides is 1. The molecule has 0 radical (unpaired) electrons. The molecule has 0 spiro atoms. The summed E-state index contributed by atoms with van der Waals surface area (Å²) in [7, 11) is 0. The lowest BCUT2D eigenvalue weighted by atomic mass is 10.0. The first-order valence-corrected chi connectivity index (χ1v) is 10.6. The number of aromatic nitrogens is 1. The Kier molecular flexibility index (Phi) is 7.49. The summed E-state index contributed by atoms with van der Waals surface area (Å²) in [5.74, 6) is -0.397. The van der Waals surface area contributed by atoms with Gasteiger partial charge in [0, 0.05) is 55.3 Å². The van der Waals surface area contributed by atoms with Crippen molar-refractivity contribution in [3.63, 3.8) is 0 Å². The second-order valence-electron chi connectivity index (χ2n) is 7.32. The average molecular weight is 485 g/mol. The van der Waals surface area contributed by atoms with E-state index >= 15 is 0 Å². The summed E-state index contributed by atoms with van der Waals surface area (Å²) < 4.78 is 41.8. The molecule has 9 heteroatoms. The fourth-order valence-electron chi connectivity index (χ4n) is 3.50. The van der Waals surface area contributed by atoms with E-state index in [0.717, 1.165) is 43.3 Å². The van der Waals surface area contributed by atoms with Gasteiger partial charge in [0.2, 0.25) is 5.91 Å². The van der Waals surface area contributed by atoms with Crippen LogP contribution >= 0.6 is 15.9 Å². The van der Waals surface area contributed by atoms with E-state index < -0.39 is 17.6 Å². The summed E-state index contributed by atoms with van der Waals surface area (Å²) >= 11 is 3.28. The lowest BCUT2D eigenvalue weighted by Crippen LogP contribution is -2.45. The van der Waals surface area contributed by atoms with Crippen LogP contribution in [0, 0.1) is 0 Å². The van der Waals surface area contributed by atoms with Crippen molar-refractivity contribution >= 4 is 27.5 Å². The Morgan fingerprint density at radius 2 is 1.83 bits per heavy atom. The number of hydrogen-bond acceptors (Lipinski definition) is 4. The fraction of sp³-hybridized carbons (Fsp3) is 0.429. The van der Waals surface area contributed by atoms with Crippen LogP contribution in [0.15, 0.2) is 41.1 Å². The molecule has 5 nitrogen and oxygen atoms in total. The van der Waals surface area contributed by atoms with E-state index in [1.807, 2.05) is 4.90 Å². The minimum atomic E-state index is -4.49. The summed E-state index contributed by atoms with van der Waals surface area (Å²) in [6.07, 6.45) is -1.32. The molecule has 1 aliphatic rings. The van der Waals surface area contributed by atoms with Crippen molar-refractivity contribution in [1.82, 2.24) is 14.8 Å². The first-order chi connectivity index (χ1) is 14.2. The Hall–Kier alpha value is -1.97. The Bertz CT molecular complexity index is 883. The molecule has 1 fully saturated rings. The average Bonchev–Trinajstić information content (AvgIpc) is 2.69. The van der Waals surface area contributed by atoms with Crippen LogP contribution in [-0.2, 0) is 23.9 Å². The first-order valence-electron chi connectivity index (χ1n) is 9.78. The SMILES string of the molecule is CCN1CCN(Cc2ccc(NC(=O)Cc3cncc(Br)c3)cc2C(F)(F)F)CC1. The van der Waals surface area contributed by atoms with Crippen LogP contribution < -0.4 is 5.32 Å². The minimum Gasteiger partial charge on any atom is -0.326 e. The number of nitrogens with zero attached hydrogens (tertiary/aromatic N) is 3. The van der Waals surface area contributed by atoms with Gasteiger partial charge in [0.25, 0.3) is 0 Å². The van der Waals surface area contributed by atoms with Crippen LogP contribution in [0.3, 0.4) is 0 Å². The summed E-state index contributed by atoms with van der Waals surface area (Å²) in [5.41, 5.74) is 0.319. The molecule has 1 saturated heterocycles. The maximum Gasteiger partial charge on any atom is 0.416 e. The molecule has 1 aromatic carbocycles. The molecule has 3 rings (SSSR count). The molecular formula is C21H24BrF3N4O. The summed E-state index contributed by atoms with van der Waals surface area (Å²) in [6.45, 7) is 6.47. The number of nitrogens with one attached hydrogen (secondary N) is 1. The Balaban J connectivity index is 1.70. The molecule has 162 valence electrons. The van der Waals surface area contributed by atoms with E-state index in [4.69, 9.17) is 0 Å². The van der Waals surface area contributed by atoms with Crippen LogP contribution in [0.4, 0.5) is 18.9 Å². The Morgan fingerprint density at radius 3 is 2.47 bits per heavy atom. The normalized spacial score (nSPS) is 15.9. The highest BCUT2D eigenvalue weighted by atomic mass is 79.9. The van der Waals surface area contributed by atoms with Gasteiger partial charge in [-0.2, -0.15) is 13.2 Å². The largest absolute Gasteiger partial charge is 0.416 e. The molecule has 2 heterocycles. The highest BCUT2D eigenvalue weighted by molar-refractivity contribution is 9.10. The molecule has 0 atom stereocenters. The quantitative estimate of drug-likeness (QED) is 0.667. The minimum absolute atomic E-state index is 0.0250. The number of anilines is 1. The number of carbonyl (C=O) groups excluding carboxylic acids is 1. The molecule has 1 amide bonds. The third-order valence-corrected chi connectivity index (χ3v) is 5.56. The number of benzene rings is 1. The van der Waals surface area contributed by atoms with Crippen molar-refractivity contribution in [3.8, 4) is 0 Å². The number of likely N-dealkylation sites (N-methyl/N-ethyl adjacent to an activating group) is 1. The number of hydrogen-bond donors (Lipinski definition) is 1. The van der Waals surface area contributed by atoms with Crippen molar-refractivity contribution in [2.24, 2.45) is 0 Å². The van der Waals surface area contributed by atoms with Crippen molar-refractivity contribution in [2.45, 2.75) is 26.1 Å². The zero-order chi connectivity index (χ0) is 21.7. The lowest BCUT2D eigenvalue weighted by Gasteiger charge is -2.34. The summed E-state index contributed by atoms with van der Waals surface area (Å²) in [6, 6.07) is 5.76. The topological polar surface area (TPSA) is 48.5 Å². The van der Waals surface area contributed by atoms with Crippen LogP contribution in [0.1, 0.15) is 23.6 Å². The molecule has 0 saturated carbocycles. The third-order valence-electron chi connectivity index (χ3n) is 5.13. The van der Waals surface area contributed by atoms with Crippen molar-refractivity contribution in [1.29, 1.82) is 0 Å². The number of pyridine rings is 1. The van der Waals surface area contributed by atoms with Gasteiger partial charge < -0.3 is 10.2 Å². The van der Waals surface area contributed by atoms with Gasteiger partial charge in [-0.1, -0.05) is 13.0 Å². The fourth-order valence-corrected chi connectivity index (χ4v) is 3.92. The van der Waals surface area contributed by atoms with Gasteiger partial charge in [0.1, 0.15) is 0 Å². The summed E-state index contributed by atoms with van der Waals surface area (Å²) in [4.78, 5) is 20.6. The van der Waals surface area contributed by atoms with E-state index in [-0.39, 0.29) is 24.2 Å². The van der Waals surface area contributed by atoms with E-state index in [2.05, 4.69) is 38.1 Å². The van der Waals surface area contributed by atoms with Gasteiger partial charge in [-0.3, -0.25) is 14.7 Å². The van der Waals surface area contributed by atoms with E-state index in [1.165, 1.54) is 12.1 Å². The van der Waals surface area contributed by atoms with Crippen molar-refractivity contribution < 1.29 is 18.0 Å². The predicted octanol–water partition coefficient (Wildman–Crippen LogP) is 4.18. The maximum atomic E-state index is 13.7. The molecule has 1 aromatic heterocycles.